The number of hydrogen-bond donors (Lipinski definition) is 1. The summed E-state index contributed by atoms with van der Waals surface area (Å²) >= 11 is 0. The highest BCUT2D eigenvalue weighted by Crippen LogP contribution is 2.19. The molecule has 0 saturated heterocycles. The minimum atomic E-state index is -1.17. The van der Waals surface area contributed by atoms with Crippen molar-refractivity contribution < 1.29 is 33.3 Å². The second-order valence-electron chi connectivity index (χ2n) is 6.16. The smallest absolute Gasteiger partial charge is 0.468 e. The van der Waals surface area contributed by atoms with Crippen LogP contribution in [0.2, 0.25) is 0 Å². The first-order chi connectivity index (χ1) is 12.9. The molecule has 0 radical (unpaired) electrons. The highest BCUT2D eigenvalue weighted by molar-refractivity contribution is 5.88. The van der Waals surface area contributed by atoms with E-state index in [-0.39, 0.29) is 26.6 Å². The van der Waals surface area contributed by atoms with Gasteiger partial charge in [0.1, 0.15) is 11.3 Å². The molecule has 8 heteroatoms. The van der Waals surface area contributed by atoms with Crippen molar-refractivity contribution in [3.8, 4) is 5.75 Å². The normalized spacial score (nSPS) is 12.9. The van der Waals surface area contributed by atoms with Crippen LogP contribution in [0.15, 0.2) is 24.3 Å². The molecule has 1 rings (SSSR count). The van der Waals surface area contributed by atoms with Gasteiger partial charge in [0, 0.05) is 20.6 Å². The van der Waals surface area contributed by atoms with E-state index in [0.717, 1.165) is 12.0 Å². The van der Waals surface area contributed by atoms with Crippen molar-refractivity contribution >= 4 is 12.1 Å². The lowest BCUT2D eigenvalue weighted by molar-refractivity contribution is -0.147. The van der Waals surface area contributed by atoms with E-state index < -0.39 is 17.7 Å². The van der Waals surface area contributed by atoms with E-state index in [4.69, 9.17) is 23.7 Å². The van der Waals surface area contributed by atoms with Crippen LogP contribution < -0.4 is 10.1 Å². The molecule has 0 aromatic heterocycles. The zero-order valence-electron chi connectivity index (χ0n) is 16.4. The molecular weight excluding hydrogens is 354 g/mol. The molecule has 8 nitrogen and oxygen atoms in total. The number of ether oxygens (including phenoxy) is 5. The molecule has 0 aliphatic rings. The molecule has 0 saturated carbocycles. The van der Waals surface area contributed by atoms with Crippen molar-refractivity contribution in [1.82, 2.24) is 5.32 Å². The summed E-state index contributed by atoms with van der Waals surface area (Å²) in [5, 5.41) is 2.96. The standard InChI is InChI=1S/C19H29NO7/c1-5-6-11-25-18(22)27-17(21)19(2,20-13-23-3)12-15-7-9-16(10-8-15)26-14-24-4/h7-10,20H,5-6,11-14H2,1-4H3/t19-/m0/s1. The highest BCUT2D eigenvalue weighted by atomic mass is 16.7. The molecule has 0 bridgehead atoms. The number of benzene rings is 1. The minimum Gasteiger partial charge on any atom is -0.468 e. The fourth-order valence-electron chi connectivity index (χ4n) is 2.19. The summed E-state index contributed by atoms with van der Waals surface area (Å²) in [5.41, 5.74) is -0.323. The van der Waals surface area contributed by atoms with Gasteiger partial charge >= 0.3 is 12.1 Å². The molecule has 27 heavy (non-hydrogen) atoms. The number of carbonyl (C=O) groups excluding carboxylic acids is 2. The van der Waals surface area contributed by atoms with Crippen LogP contribution in [0.25, 0.3) is 0 Å². The van der Waals surface area contributed by atoms with Gasteiger partial charge in [-0.1, -0.05) is 25.5 Å². The van der Waals surface area contributed by atoms with Crippen molar-refractivity contribution in [2.24, 2.45) is 0 Å². The molecule has 152 valence electrons. The zero-order chi connectivity index (χ0) is 20.1. The van der Waals surface area contributed by atoms with Crippen LogP contribution in [0, 0.1) is 0 Å². The van der Waals surface area contributed by atoms with Gasteiger partial charge < -0.3 is 23.7 Å². The van der Waals surface area contributed by atoms with Gasteiger partial charge in [-0.2, -0.15) is 0 Å². The van der Waals surface area contributed by atoms with Gasteiger partial charge in [0.2, 0.25) is 0 Å². The average Bonchev–Trinajstić information content (AvgIpc) is 2.66. The Bertz CT molecular complexity index is 576. The summed E-state index contributed by atoms with van der Waals surface area (Å²) in [4.78, 5) is 24.2. The Kier molecular flexibility index (Phi) is 10.4. The first-order valence-corrected chi connectivity index (χ1v) is 8.79. The van der Waals surface area contributed by atoms with Gasteiger partial charge in [0.05, 0.1) is 13.3 Å². The van der Waals surface area contributed by atoms with Crippen molar-refractivity contribution in [1.29, 1.82) is 0 Å². The van der Waals surface area contributed by atoms with E-state index in [1.165, 1.54) is 7.11 Å². The predicted octanol–water partition coefficient (Wildman–Crippen LogP) is 2.64. The van der Waals surface area contributed by atoms with Crippen molar-refractivity contribution in [3.05, 3.63) is 29.8 Å². The van der Waals surface area contributed by atoms with E-state index in [1.807, 2.05) is 19.1 Å². The monoisotopic (exact) mass is 383 g/mol. The maximum atomic E-state index is 12.5. The molecule has 0 spiro atoms. The molecule has 0 unspecified atom stereocenters. The first-order valence-electron chi connectivity index (χ1n) is 8.79. The van der Waals surface area contributed by atoms with Crippen LogP contribution in [0.5, 0.6) is 5.75 Å². The molecular formula is C19H29NO7. The van der Waals surface area contributed by atoms with Gasteiger partial charge in [-0.15, -0.1) is 0 Å². The van der Waals surface area contributed by atoms with Gasteiger partial charge in [0.25, 0.3) is 0 Å². The number of nitrogens with one attached hydrogen (secondary N) is 1. The molecule has 1 aromatic carbocycles. The molecule has 0 fully saturated rings. The largest absolute Gasteiger partial charge is 0.516 e. The third kappa shape index (κ3) is 8.38. The number of methoxy groups -OCH3 is 2. The summed E-state index contributed by atoms with van der Waals surface area (Å²) in [5.74, 6) is -0.0880. The number of carbonyl (C=O) groups is 2. The molecule has 0 aliphatic heterocycles. The van der Waals surface area contributed by atoms with Crippen LogP contribution in [-0.4, -0.2) is 52.0 Å². The van der Waals surface area contributed by atoms with E-state index in [0.29, 0.717) is 12.2 Å². The molecule has 0 amide bonds. The van der Waals surface area contributed by atoms with E-state index in [1.54, 1.807) is 26.2 Å². The Morgan fingerprint density at radius 1 is 1.11 bits per heavy atom. The summed E-state index contributed by atoms with van der Waals surface area (Å²) < 4.78 is 24.9. The lowest BCUT2D eigenvalue weighted by atomic mass is 9.93. The number of hydrogen-bond acceptors (Lipinski definition) is 8. The van der Waals surface area contributed by atoms with Crippen molar-refractivity contribution in [2.75, 3.05) is 34.4 Å². The van der Waals surface area contributed by atoms with Crippen LogP contribution in [-0.2, 0) is 30.2 Å². The number of rotatable bonds is 12. The molecule has 1 N–H and O–H groups in total. The van der Waals surface area contributed by atoms with Crippen LogP contribution in [0.3, 0.4) is 0 Å². The molecule has 0 heterocycles. The number of unbranched alkanes of at least 4 members (excludes halogenated alkanes) is 1. The van der Waals surface area contributed by atoms with Gasteiger partial charge in [0.15, 0.2) is 6.79 Å². The lowest BCUT2D eigenvalue weighted by Gasteiger charge is -2.28. The van der Waals surface area contributed by atoms with Gasteiger partial charge in [-0.25, -0.2) is 9.59 Å². The lowest BCUT2D eigenvalue weighted by Crippen LogP contribution is -2.53. The quantitative estimate of drug-likeness (QED) is 0.255. The van der Waals surface area contributed by atoms with E-state index >= 15 is 0 Å². The minimum absolute atomic E-state index is 0.117. The highest BCUT2D eigenvalue weighted by Gasteiger charge is 2.36. The summed E-state index contributed by atoms with van der Waals surface area (Å²) in [6, 6.07) is 7.19. The maximum absolute atomic E-state index is 12.5. The van der Waals surface area contributed by atoms with Crippen molar-refractivity contribution in [3.63, 3.8) is 0 Å². The Morgan fingerprint density at radius 3 is 2.41 bits per heavy atom. The zero-order valence-corrected chi connectivity index (χ0v) is 16.4. The number of esters is 1. The Labute approximate surface area is 160 Å². The first kappa shape index (κ1) is 22.9. The Hall–Kier alpha value is -2.16. The fraction of sp³-hybridized carbons (Fsp3) is 0.579. The topological polar surface area (TPSA) is 92.3 Å². The third-order valence-corrected chi connectivity index (χ3v) is 3.78. The van der Waals surface area contributed by atoms with Crippen LogP contribution >= 0.6 is 0 Å². The second kappa shape index (κ2) is 12.3. The third-order valence-electron chi connectivity index (χ3n) is 3.78. The molecule has 1 aromatic rings. The fourth-order valence-corrected chi connectivity index (χ4v) is 2.19. The molecule has 0 aliphatic carbocycles. The van der Waals surface area contributed by atoms with Crippen molar-refractivity contribution in [2.45, 2.75) is 38.6 Å². The van der Waals surface area contributed by atoms with Gasteiger partial charge in [-0.3, -0.25) is 5.32 Å². The van der Waals surface area contributed by atoms with E-state index in [9.17, 15) is 9.59 Å². The van der Waals surface area contributed by atoms with E-state index in [2.05, 4.69) is 5.32 Å². The Balaban J connectivity index is 2.76. The van der Waals surface area contributed by atoms with Gasteiger partial charge in [-0.05, 0) is 31.0 Å². The predicted molar refractivity (Wildman–Crippen MR) is 98.4 cm³/mol. The second-order valence-corrected chi connectivity index (χ2v) is 6.16. The average molecular weight is 383 g/mol. The summed E-state index contributed by atoms with van der Waals surface area (Å²) in [7, 11) is 3.04. The Morgan fingerprint density at radius 2 is 1.81 bits per heavy atom. The summed E-state index contributed by atoms with van der Waals surface area (Å²) in [6.07, 6.45) is 0.864. The SMILES string of the molecule is CCCCOC(=O)OC(=O)[C@](C)(Cc1ccc(OCOC)cc1)NCOC. The molecule has 1 atom stereocenters. The maximum Gasteiger partial charge on any atom is 0.516 e. The van der Waals surface area contributed by atoms with Crippen LogP contribution in [0.4, 0.5) is 4.79 Å². The summed E-state index contributed by atoms with van der Waals surface area (Å²) in [6.45, 7) is 4.10. The van der Waals surface area contributed by atoms with Crippen LogP contribution in [0.1, 0.15) is 32.3 Å².